The normalized spacial score (nSPS) is 11.0. The van der Waals surface area contributed by atoms with Crippen LogP contribution in [-0.2, 0) is 4.79 Å². The van der Waals surface area contributed by atoms with Gasteiger partial charge < -0.3 is 9.47 Å². The number of hydrogen-bond donors (Lipinski definition) is 0. The van der Waals surface area contributed by atoms with Crippen LogP contribution in [0.15, 0.2) is 48.5 Å². The van der Waals surface area contributed by atoms with Gasteiger partial charge in [0, 0.05) is 21.4 Å². The van der Waals surface area contributed by atoms with Crippen molar-refractivity contribution in [3.8, 4) is 11.5 Å². The van der Waals surface area contributed by atoms with Gasteiger partial charge in [-0.2, -0.15) is 0 Å². The SMILES string of the molecule is COc1cccc2ccc(/C=C/c3cc(I)ccc3OC(C)=O)nc12. The number of pyridine rings is 1. The Hall–Kier alpha value is -2.41. The molecule has 0 unspecified atom stereocenters. The van der Waals surface area contributed by atoms with Gasteiger partial charge in [-0.05, 0) is 65.1 Å². The number of ether oxygens (including phenoxy) is 2. The summed E-state index contributed by atoms with van der Waals surface area (Å²) in [5, 5.41) is 1.02. The van der Waals surface area contributed by atoms with Gasteiger partial charge in [0.1, 0.15) is 17.0 Å². The minimum Gasteiger partial charge on any atom is -0.494 e. The third-order valence-electron chi connectivity index (χ3n) is 3.58. The molecule has 25 heavy (non-hydrogen) atoms. The van der Waals surface area contributed by atoms with E-state index >= 15 is 0 Å². The number of nitrogens with zero attached hydrogens (tertiary/aromatic N) is 1. The quantitative estimate of drug-likeness (QED) is 0.324. The zero-order valence-electron chi connectivity index (χ0n) is 13.8. The Bertz CT molecular complexity index is 966. The molecule has 126 valence electrons. The summed E-state index contributed by atoms with van der Waals surface area (Å²) < 4.78 is 11.7. The van der Waals surface area contributed by atoms with E-state index in [9.17, 15) is 4.79 Å². The fourth-order valence-electron chi connectivity index (χ4n) is 2.47. The number of fused-ring (bicyclic) bond motifs is 1. The van der Waals surface area contributed by atoms with Crippen molar-refractivity contribution in [3.63, 3.8) is 0 Å². The lowest BCUT2D eigenvalue weighted by atomic mass is 10.1. The summed E-state index contributed by atoms with van der Waals surface area (Å²) >= 11 is 2.22. The number of halogens is 1. The van der Waals surface area contributed by atoms with Crippen LogP contribution in [0.1, 0.15) is 18.2 Å². The number of carbonyl (C=O) groups is 1. The van der Waals surface area contributed by atoms with E-state index in [0.717, 1.165) is 31.5 Å². The molecule has 0 aliphatic heterocycles. The largest absolute Gasteiger partial charge is 0.494 e. The molecule has 5 heteroatoms. The Morgan fingerprint density at radius 3 is 2.68 bits per heavy atom. The van der Waals surface area contributed by atoms with Crippen molar-refractivity contribution in [2.75, 3.05) is 7.11 Å². The fourth-order valence-corrected chi connectivity index (χ4v) is 2.98. The standard InChI is InChI=1S/C20H16INO3/c1-13(23)25-18-11-8-16(21)12-15(18)7-10-17-9-6-14-4-3-5-19(24-2)20(14)22-17/h3-12H,1-2H3/b10-7+. The number of para-hydroxylation sites is 1. The molecule has 0 saturated heterocycles. The first kappa shape index (κ1) is 17.4. The molecule has 0 radical (unpaired) electrons. The van der Waals surface area contributed by atoms with Crippen LogP contribution >= 0.6 is 22.6 Å². The molecule has 0 aliphatic rings. The summed E-state index contributed by atoms with van der Waals surface area (Å²) in [7, 11) is 1.64. The van der Waals surface area contributed by atoms with Crippen molar-refractivity contribution in [1.29, 1.82) is 0 Å². The number of benzene rings is 2. The number of hydrogen-bond acceptors (Lipinski definition) is 4. The summed E-state index contributed by atoms with van der Waals surface area (Å²) in [6.07, 6.45) is 3.79. The van der Waals surface area contributed by atoms with E-state index in [2.05, 4.69) is 27.6 Å². The van der Waals surface area contributed by atoms with Crippen LogP contribution in [0.5, 0.6) is 11.5 Å². The highest BCUT2D eigenvalue weighted by molar-refractivity contribution is 14.1. The second-order valence-corrected chi connectivity index (χ2v) is 6.62. The van der Waals surface area contributed by atoms with Gasteiger partial charge in [-0.3, -0.25) is 4.79 Å². The zero-order valence-corrected chi connectivity index (χ0v) is 16.0. The summed E-state index contributed by atoms with van der Waals surface area (Å²) in [5.74, 6) is 0.926. The molecule has 4 nitrogen and oxygen atoms in total. The van der Waals surface area contributed by atoms with E-state index in [1.165, 1.54) is 6.92 Å². The molecule has 0 amide bonds. The Kier molecular flexibility index (Phi) is 5.33. The second kappa shape index (κ2) is 7.65. The van der Waals surface area contributed by atoms with Crippen LogP contribution in [0.25, 0.3) is 23.1 Å². The lowest BCUT2D eigenvalue weighted by molar-refractivity contribution is -0.131. The topological polar surface area (TPSA) is 48.4 Å². The van der Waals surface area contributed by atoms with Crippen molar-refractivity contribution in [3.05, 3.63) is 63.4 Å². The summed E-state index contributed by atoms with van der Waals surface area (Å²) in [5.41, 5.74) is 2.43. The molecule has 3 rings (SSSR count). The van der Waals surface area contributed by atoms with Crippen LogP contribution in [0.2, 0.25) is 0 Å². The van der Waals surface area contributed by atoms with Crippen LogP contribution in [0.3, 0.4) is 0 Å². The molecule has 0 aliphatic carbocycles. The second-order valence-electron chi connectivity index (χ2n) is 5.38. The van der Waals surface area contributed by atoms with Crippen molar-refractivity contribution in [1.82, 2.24) is 4.98 Å². The highest BCUT2D eigenvalue weighted by atomic mass is 127. The molecular formula is C20H16INO3. The van der Waals surface area contributed by atoms with Gasteiger partial charge in [0.25, 0.3) is 0 Å². The summed E-state index contributed by atoms with van der Waals surface area (Å²) in [6, 6.07) is 15.4. The molecule has 0 saturated carbocycles. The molecule has 1 heterocycles. The average Bonchev–Trinajstić information content (AvgIpc) is 2.60. The van der Waals surface area contributed by atoms with Crippen molar-refractivity contribution < 1.29 is 14.3 Å². The van der Waals surface area contributed by atoms with Crippen LogP contribution in [0.4, 0.5) is 0 Å². The number of carbonyl (C=O) groups excluding carboxylic acids is 1. The smallest absolute Gasteiger partial charge is 0.308 e. The Balaban J connectivity index is 1.98. The zero-order chi connectivity index (χ0) is 17.8. The number of methoxy groups -OCH3 is 1. The van der Waals surface area contributed by atoms with Gasteiger partial charge in [0.15, 0.2) is 0 Å². The van der Waals surface area contributed by atoms with Crippen LogP contribution < -0.4 is 9.47 Å². The number of esters is 1. The van der Waals surface area contributed by atoms with E-state index in [0.29, 0.717) is 5.75 Å². The molecule has 0 N–H and O–H groups in total. The Morgan fingerprint density at radius 2 is 1.92 bits per heavy atom. The average molecular weight is 445 g/mol. The predicted molar refractivity (Wildman–Crippen MR) is 108 cm³/mol. The lowest BCUT2D eigenvalue weighted by Gasteiger charge is -2.07. The first-order valence-electron chi connectivity index (χ1n) is 7.66. The van der Waals surface area contributed by atoms with Crippen molar-refractivity contribution in [2.45, 2.75) is 6.92 Å². The monoisotopic (exact) mass is 445 g/mol. The van der Waals surface area contributed by atoms with Gasteiger partial charge in [0.2, 0.25) is 0 Å². The van der Waals surface area contributed by atoms with Gasteiger partial charge in [-0.15, -0.1) is 0 Å². The van der Waals surface area contributed by atoms with E-state index in [1.54, 1.807) is 13.2 Å². The fraction of sp³-hybridized carbons (Fsp3) is 0.100. The van der Waals surface area contributed by atoms with Crippen LogP contribution in [-0.4, -0.2) is 18.1 Å². The summed E-state index contributed by atoms with van der Waals surface area (Å²) in [6.45, 7) is 1.39. The van der Waals surface area contributed by atoms with E-state index in [1.807, 2.05) is 54.6 Å². The highest BCUT2D eigenvalue weighted by Gasteiger charge is 2.06. The van der Waals surface area contributed by atoms with Crippen LogP contribution in [0, 0.1) is 3.57 Å². The van der Waals surface area contributed by atoms with E-state index < -0.39 is 0 Å². The minimum atomic E-state index is -0.343. The highest BCUT2D eigenvalue weighted by Crippen LogP contribution is 2.26. The molecule has 0 spiro atoms. The third kappa shape index (κ3) is 4.17. The minimum absolute atomic E-state index is 0.343. The molecule has 1 aromatic heterocycles. The number of aromatic nitrogens is 1. The summed E-state index contributed by atoms with van der Waals surface area (Å²) in [4.78, 5) is 15.9. The van der Waals surface area contributed by atoms with Gasteiger partial charge in [-0.25, -0.2) is 4.98 Å². The maximum atomic E-state index is 11.3. The molecule has 0 atom stereocenters. The molecule has 0 fully saturated rings. The van der Waals surface area contributed by atoms with Crippen molar-refractivity contribution >= 4 is 51.6 Å². The Morgan fingerprint density at radius 1 is 1.08 bits per heavy atom. The molecular weight excluding hydrogens is 429 g/mol. The van der Waals surface area contributed by atoms with Gasteiger partial charge >= 0.3 is 5.97 Å². The molecule has 2 aromatic carbocycles. The van der Waals surface area contributed by atoms with E-state index in [-0.39, 0.29) is 5.97 Å². The van der Waals surface area contributed by atoms with Crippen molar-refractivity contribution in [2.24, 2.45) is 0 Å². The first-order valence-corrected chi connectivity index (χ1v) is 8.74. The predicted octanol–water partition coefficient (Wildman–Crippen LogP) is 4.94. The molecule has 0 bridgehead atoms. The van der Waals surface area contributed by atoms with Gasteiger partial charge in [-0.1, -0.05) is 18.2 Å². The first-order chi connectivity index (χ1) is 12.1. The maximum absolute atomic E-state index is 11.3. The van der Waals surface area contributed by atoms with Gasteiger partial charge in [0.05, 0.1) is 12.8 Å². The number of rotatable bonds is 4. The van der Waals surface area contributed by atoms with E-state index in [4.69, 9.17) is 9.47 Å². The maximum Gasteiger partial charge on any atom is 0.308 e. The third-order valence-corrected chi connectivity index (χ3v) is 4.25. The Labute approximate surface area is 159 Å². The lowest BCUT2D eigenvalue weighted by Crippen LogP contribution is -2.02. The molecule has 3 aromatic rings.